The second-order valence-corrected chi connectivity index (χ2v) is 6.25. The van der Waals surface area contributed by atoms with Crippen molar-refractivity contribution in [1.29, 1.82) is 0 Å². The lowest BCUT2D eigenvalue weighted by Gasteiger charge is -2.40. The summed E-state index contributed by atoms with van der Waals surface area (Å²) in [6.45, 7) is 7.79. The van der Waals surface area contributed by atoms with E-state index in [4.69, 9.17) is 9.47 Å². The van der Waals surface area contributed by atoms with Crippen molar-refractivity contribution in [3.63, 3.8) is 0 Å². The van der Waals surface area contributed by atoms with Gasteiger partial charge in [-0.3, -0.25) is 4.79 Å². The first-order valence-electron chi connectivity index (χ1n) is 7.34. The third-order valence-electron chi connectivity index (χ3n) is 4.79. The van der Waals surface area contributed by atoms with E-state index >= 15 is 0 Å². The van der Waals surface area contributed by atoms with E-state index in [1.165, 1.54) is 12.8 Å². The monoisotopic (exact) mass is 254 g/mol. The Morgan fingerprint density at radius 3 is 2.44 bits per heavy atom. The van der Waals surface area contributed by atoms with E-state index < -0.39 is 0 Å². The Morgan fingerprint density at radius 2 is 2.00 bits per heavy atom. The molecule has 0 amide bonds. The van der Waals surface area contributed by atoms with Gasteiger partial charge in [0.15, 0.2) is 0 Å². The molecule has 2 rings (SSSR count). The van der Waals surface area contributed by atoms with Crippen LogP contribution in [0.4, 0.5) is 0 Å². The summed E-state index contributed by atoms with van der Waals surface area (Å²) in [5.74, 6) is 1.53. The third-order valence-corrected chi connectivity index (χ3v) is 4.79. The molecule has 3 nitrogen and oxygen atoms in total. The van der Waals surface area contributed by atoms with Crippen LogP contribution in [0.3, 0.4) is 0 Å². The van der Waals surface area contributed by atoms with Crippen molar-refractivity contribution < 1.29 is 14.3 Å². The molecule has 0 aromatic rings. The van der Waals surface area contributed by atoms with Crippen LogP contribution < -0.4 is 0 Å². The Balaban J connectivity index is 1.95. The minimum absolute atomic E-state index is 0.0454. The summed E-state index contributed by atoms with van der Waals surface area (Å²) in [4.78, 5) is 11.8. The number of carbonyl (C=O) groups is 1. The number of epoxide rings is 1. The van der Waals surface area contributed by atoms with Crippen molar-refractivity contribution in [2.75, 3.05) is 13.2 Å². The molecule has 1 saturated carbocycles. The third kappa shape index (κ3) is 3.05. The maximum atomic E-state index is 11.8. The van der Waals surface area contributed by atoms with E-state index in [-0.39, 0.29) is 11.4 Å². The first kappa shape index (κ1) is 13.9. The first-order valence-corrected chi connectivity index (χ1v) is 7.34. The average Bonchev–Trinajstić information content (AvgIpc) is 3.13. The number of carbonyl (C=O) groups excluding carboxylic acids is 1. The summed E-state index contributed by atoms with van der Waals surface area (Å²) in [6.07, 6.45) is 5.58. The van der Waals surface area contributed by atoms with Crippen molar-refractivity contribution in [2.24, 2.45) is 17.3 Å². The molecule has 0 radical (unpaired) electrons. The Labute approximate surface area is 110 Å². The van der Waals surface area contributed by atoms with E-state index in [9.17, 15) is 4.79 Å². The smallest absolute Gasteiger partial charge is 0.306 e. The summed E-state index contributed by atoms with van der Waals surface area (Å²) in [5.41, 5.74) is 0.0810. The first-order chi connectivity index (χ1) is 8.57. The fourth-order valence-corrected chi connectivity index (χ4v) is 3.40. The van der Waals surface area contributed by atoms with Crippen molar-refractivity contribution in [3.05, 3.63) is 0 Å². The van der Waals surface area contributed by atoms with Crippen LogP contribution in [-0.2, 0) is 14.3 Å². The van der Waals surface area contributed by atoms with Crippen molar-refractivity contribution in [2.45, 2.75) is 59.0 Å². The molecule has 2 aliphatic rings. The Kier molecular flexibility index (Phi) is 4.31. The highest BCUT2D eigenvalue weighted by Crippen LogP contribution is 2.50. The van der Waals surface area contributed by atoms with Gasteiger partial charge in [0, 0.05) is 5.41 Å². The molecule has 0 N–H and O–H groups in total. The lowest BCUT2D eigenvalue weighted by molar-refractivity contribution is -0.147. The topological polar surface area (TPSA) is 38.8 Å². The zero-order chi connectivity index (χ0) is 13.2. The molecule has 0 aromatic carbocycles. The van der Waals surface area contributed by atoms with Crippen LogP contribution in [0, 0.1) is 17.3 Å². The number of esters is 1. The molecule has 1 saturated heterocycles. The minimum Gasteiger partial charge on any atom is -0.466 e. The highest BCUT2D eigenvalue weighted by atomic mass is 16.6. The predicted molar refractivity (Wildman–Crippen MR) is 70.2 cm³/mol. The van der Waals surface area contributed by atoms with Crippen LogP contribution in [0.2, 0.25) is 0 Å². The minimum atomic E-state index is -0.0454. The molecule has 1 atom stereocenters. The van der Waals surface area contributed by atoms with Gasteiger partial charge in [-0.15, -0.1) is 0 Å². The maximum absolute atomic E-state index is 11.8. The van der Waals surface area contributed by atoms with E-state index in [1.54, 1.807) is 0 Å². The summed E-state index contributed by atoms with van der Waals surface area (Å²) in [5, 5.41) is 0. The van der Waals surface area contributed by atoms with Crippen LogP contribution in [0.1, 0.15) is 52.9 Å². The van der Waals surface area contributed by atoms with E-state index in [0.29, 0.717) is 19.1 Å². The molecule has 0 aromatic heterocycles. The quantitative estimate of drug-likeness (QED) is 0.559. The lowest BCUT2D eigenvalue weighted by atomic mass is 9.65. The molecule has 1 heterocycles. The summed E-state index contributed by atoms with van der Waals surface area (Å²) in [7, 11) is 0. The maximum Gasteiger partial charge on any atom is 0.306 e. The van der Waals surface area contributed by atoms with Gasteiger partial charge in [-0.2, -0.15) is 0 Å². The van der Waals surface area contributed by atoms with Crippen LogP contribution in [0.15, 0.2) is 0 Å². The molecule has 1 aliphatic carbocycles. The van der Waals surface area contributed by atoms with Crippen LogP contribution in [-0.4, -0.2) is 25.3 Å². The molecule has 0 bridgehead atoms. The van der Waals surface area contributed by atoms with Gasteiger partial charge < -0.3 is 9.47 Å². The van der Waals surface area contributed by atoms with E-state index in [2.05, 4.69) is 13.8 Å². The molecule has 3 heteroatoms. The van der Waals surface area contributed by atoms with E-state index in [1.807, 2.05) is 6.92 Å². The molecule has 1 unspecified atom stereocenters. The highest BCUT2D eigenvalue weighted by molar-refractivity contribution is 5.70. The number of hydrogen-bond donors (Lipinski definition) is 0. The molecule has 18 heavy (non-hydrogen) atoms. The van der Waals surface area contributed by atoms with Crippen molar-refractivity contribution in [3.8, 4) is 0 Å². The van der Waals surface area contributed by atoms with Gasteiger partial charge in [0.05, 0.1) is 25.7 Å². The molecular formula is C15H26O3. The molecular weight excluding hydrogens is 228 g/mol. The summed E-state index contributed by atoms with van der Waals surface area (Å²) in [6, 6.07) is 0. The second-order valence-electron chi connectivity index (χ2n) is 6.25. The Morgan fingerprint density at radius 1 is 1.39 bits per heavy atom. The van der Waals surface area contributed by atoms with E-state index in [0.717, 1.165) is 31.3 Å². The summed E-state index contributed by atoms with van der Waals surface area (Å²) < 4.78 is 10.6. The number of hydrogen-bond acceptors (Lipinski definition) is 3. The van der Waals surface area contributed by atoms with Gasteiger partial charge in [0.2, 0.25) is 0 Å². The fourth-order valence-electron chi connectivity index (χ4n) is 3.40. The molecule has 104 valence electrons. The molecule has 2 fully saturated rings. The van der Waals surface area contributed by atoms with Gasteiger partial charge >= 0.3 is 5.97 Å². The Hall–Kier alpha value is -0.570. The zero-order valence-electron chi connectivity index (χ0n) is 11.9. The number of ether oxygens (including phenoxy) is 2. The molecule has 1 aliphatic heterocycles. The lowest BCUT2D eigenvalue weighted by Crippen LogP contribution is -2.36. The molecule has 0 spiro atoms. The van der Waals surface area contributed by atoms with Gasteiger partial charge in [0.25, 0.3) is 0 Å². The average molecular weight is 254 g/mol. The normalized spacial score (nSPS) is 35.6. The van der Waals surface area contributed by atoms with Crippen LogP contribution in [0.25, 0.3) is 0 Å². The highest BCUT2D eigenvalue weighted by Gasteiger charge is 2.50. The predicted octanol–water partition coefficient (Wildman–Crippen LogP) is 3.17. The fraction of sp³-hybridized carbons (Fsp3) is 0.933. The largest absolute Gasteiger partial charge is 0.466 e. The second kappa shape index (κ2) is 5.60. The standard InChI is InChI=1S/C15H26O3/c1-4-17-14(16)9-15(13-10-18-13)7-5-12(6-8-15)11(2)3/h11-13H,4-10H2,1-3H3. The van der Waals surface area contributed by atoms with Gasteiger partial charge in [0.1, 0.15) is 0 Å². The SMILES string of the molecule is CCOC(=O)CC1(C2CO2)CCC(C(C)C)CC1. The van der Waals surface area contributed by atoms with Crippen LogP contribution in [0.5, 0.6) is 0 Å². The zero-order valence-corrected chi connectivity index (χ0v) is 11.9. The van der Waals surface area contributed by atoms with Crippen molar-refractivity contribution in [1.82, 2.24) is 0 Å². The van der Waals surface area contributed by atoms with Crippen molar-refractivity contribution >= 4 is 5.97 Å². The summed E-state index contributed by atoms with van der Waals surface area (Å²) >= 11 is 0. The Bertz CT molecular complexity index is 286. The van der Waals surface area contributed by atoms with Gasteiger partial charge in [-0.1, -0.05) is 13.8 Å². The number of rotatable bonds is 5. The van der Waals surface area contributed by atoms with Gasteiger partial charge in [-0.05, 0) is 44.4 Å². The van der Waals surface area contributed by atoms with Gasteiger partial charge in [-0.25, -0.2) is 0 Å². The van der Waals surface area contributed by atoms with Crippen LogP contribution >= 0.6 is 0 Å².